The van der Waals surface area contributed by atoms with Crippen molar-refractivity contribution in [3.63, 3.8) is 0 Å². The molecule has 4 bridgehead atoms. The Balaban J connectivity index is 1.48. The molecule has 0 spiro atoms. The van der Waals surface area contributed by atoms with Crippen LogP contribution in [0, 0.1) is 31.1 Å². The number of hydrogen-bond acceptors (Lipinski definition) is 5. The van der Waals surface area contributed by atoms with Gasteiger partial charge in [-0.3, -0.25) is 9.59 Å². The van der Waals surface area contributed by atoms with Gasteiger partial charge in [0.15, 0.2) is 6.61 Å². The van der Waals surface area contributed by atoms with E-state index in [2.05, 4.69) is 4.98 Å². The molecule has 0 aromatic carbocycles. The minimum atomic E-state index is -0.556. The lowest BCUT2D eigenvalue weighted by atomic mass is 9.49. The van der Waals surface area contributed by atoms with Crippen LogP contribution in [0.15, 0.2) is 0 Å². The number of alkyl halides is 1. The van der Waals surface area contributed by atoms with Crippen LogP contribution in [0.1, 0.15) is 77.6 Å². The zero-order valence-electron chi connectivity index (χ0n) is 17.2. The Bertz CT molecular complexity index is 859. The van der Waals surface area contributed by atoms with E-state index in [-0.39, 0.29) is 35.2 Å². The highest BCUT2D eigenvalue weighted by molar-refractivity contribution is 6.24. The number of ether oxygens (including phenoxy) is 2. The summed E-state index contributed by atoms with van der Waals surface area (Å²) in [7, 11) is 0. The van der Waals surface area contributed by atoms with Crippen molar-refractivity contribution in [2.24, 2.45) is 17.3 Å². The number of halogens is 1. The first-order valence-corrected chi connectivity index (χ1v) is 10.8. The van der Waals surface area contributed by atoms with Crippen LogP contribution in [-0.2, 0) is 14.3 Å². The lowest BCUT2D eigenvalue weighted by Gasteiger charge is -2.58. The monoisotopic (exact) mass is 421 g/mol. The molecule has 4 atom stereocenters. The summed E-state index contributed by atoms with van der Waals surface area (Å²) in [6.07, 6.45) is 5.35. The second kappa shape index (κ2) is 7.15. The first kappa shape index (κ1) is 20.5. The van der Waals surface area contributed by atoms with Gasteiger partial charge in [0.05, 0.1) is 23.1 Å². The Hall–Kier alpha value is -1.82. The molecule has 0 radical (unpaired) electrons. The van der Waals surface area contributed by atoms with Gasteiger partial charge in [-0.25, -0.2) is 4.79 Å². The fourth-order valence-electron chi connectivity index (χ4n) is 6.33. The number of H-pyrrole nitrogens is 1. The lowest BCUT2D eigenvalue weighted by Crippen LogP contribution is -2.56. The number of aromatic nitrogens is 1. The molecule has 1 aromatic heterocycles. The number of carbonyl (C=O) groups is 3. The molecule has 1 heterocycles. The SMILES string of the molecule is CCOC(=O)c1c(C)[nH]c(C)c1C(=O)COC(=O)C12C[C@@H]3C[C@@H](CC(Cl)(C3)C1)C2. The maximum absolute atomic E-state index is 13.1. The molecule has 1 aromatic rings. The standard InChI is InChI=1S/C22H28ClNO5/c1-4-28-19(26)18-13(3)24-12(2)17(18)16(25)10-29-20(27)21-6-14-5-15(7-21)9-22(23,8-14)11-21/h14-15,24H,4-11H2,1-3H3/t14-,15+,21?,22?. The van der Waals surface area contributed by atoms with Gasteiger partial charge in [-0.2, -0.15) is 0 Å². The van der Waals surface area contributed by atoms with Crippen LogP contribution in [0.5, 0.6) is 0 Å². The van der Waals surface area contributed by atoms with Gasteiger partial charge >= 0.3 is 11.9 Å². The topological polar surface area (TPSA) is 85.5 Å². The van der Waals surface area contributed by atoms with Crippen LogP contribution < -0.4 is 0 Å². The average molecular weight is 422 g/mol. The van der Waals surface area contributed by atoms with Crippen LogP contribution in [0.3, 0.4) is 0 Å². The van der Waals surface area contributed by atoms with Crippen molar-refractivity contribution in [2.75, 3.05) is 13.2 Å². The second-order valence-corrected chi connectivity index (χ2v) is 10.0. The summed E-state index contributed by atoms with van der Waals surface area (Å²) in [6.45, 7) is 5.00. The van der Waals surface area contributed by atoms with Crippen LogP contribution in [-0.4, -0.2) is 40.8 Å². The molecule has 4 saturated carbocycles. The van der Waals surface area contributed by atoms with Crippen molar-refractivity contribution >= 4 is 29.3 Å². The molecule has 4 aliphatic rings. The van der Waals surface area contributed by atoms with Gasteiger partial charge in [-0.1, -0.05) is 0 Å². The fraction of sp³-hybridized carbons (Fsp3) is 0.682. The third-order valence-corrected chi connectivity index (χ3v) is 7.33. The Kier molecular flexibility index (Phi) is 5.04. The Morgan fingerprint density at radius 2 is 1.66 bits per heavy atom. The summed E-state index contributed by atoms with van der Waals surface area (Å²) >= 11 is 6.80. The molecule has 158 valence electrons. The molecule has 29 heavy (non-hydrogen) atoms. The predicted molar refractivity (Wildman–Crippen MR) is 107 cm³/mol. The van der Waals surface area contributed by atoms with E-state index in [0.29, 0.717) is 29.6 Å². The lowest BCUT2D eigenvalue weighted by molar-refractivity contribution is -0.168. The van der Waals surface area contributed by atoms with Crippen LogP contribution in [0.4, 0.5) is 0 Å². The highest BCUT2D eigenvalue weighted by Gasteiger charge is 2.60. The van der Waals surface area contributed by atoms with E-state index < -0.39 is 17.2 Å². The molecule has 1 N–H and O–H groups in total. The van der Waals surface area contributed by atoms with Crippen molar-refractivity contribution in [3.8, 4) is 0 Å². The normalized spacial score (nSPS) is 32.3. The quantitative estimate of drug-likeness (QED) is 0.424. The van der Waals surface area contributed by atoms with E-state index in [9.17, 15) is 14.4 Å². The third-order valence-electron chi connectivity index (χ3n) is 6.89. The van der Waals surface area contributed by atoms with Gasteiger partial charge in [0.25, 0.3) is 0 Å². The van der Waals surface area contributed by atoms with Gasteiger partial charge in [0.2, 0.25) is 5.78 Å². The summed E-state index contributed by atoms with van der Waals surface area (Å²) < 4.78 is 10.6. The molecule has 4 fully saturated rings. The van der Waals surface area contributed by atoms with E-state index in [1.807, 2.05) is 0 Å². The van der Waals surface area contributed by atoms with Crippen molar-refractivity contribution in [1.82, 2.24) is 4.98 Å². The number of rotatable bonds is 6. The van der Waals surface area contributed by atoms with E-state index in [0.717, 1.165) is 32.1 Å². The number of Topliss-reactive ketones (excluding diaryl/α,β-unsaturated/α-hetero) is 1. The number of hydrogen-bond donors (Lipinski definition) is 1. The highest BCUT2D eigenvalue weighted by atomic mass is 35.5. The fourth-order valence-corrected chi connectivity index (χ4v) is 7.03. The largest absolute Gasteiger partial charge is 0.462 e. The number of carbonyl (C=O) groups excluding carboxylic acids is 3. The molecular formula is C22H28ClNO5. The molecule has 5 rings (SSSR count). The van der Waals surface area contributed by atoms with E-state index >= 15 is 0 Å². The molecule has 7 heteroatoms. The summed E-state index contributed by atoms with van der Waals surface area (Å²) in [5.41, 5.74) is 1.05. The minimum absolute atomic E-state index is 0.218. The Labute approximate surface area is 175 Å². The van der Waals surface area contributed by atoms with E-state index in [4.69, 9.17) is 21.1 Å². The van der Waals surface area contributed by atoms with Gasteiger partial charge < -0.3 is 14.5 Å². The van der Waals surface area contributed by atoms with E-state index in [1.54, 1.807) is 20.8 Å². The number of ketones is 1. The molecule has 0 saturated heterocycles. The highest BCUT2D eigenvalue weighted by Crippen LogP contribution is 2.64. The summed E-state index contributed by atoms with van der Waals surface area (Å²) in [5.74, 6) is -0.306. The first-order valence-electron chi connectivity index (χ1n) is 10.4. The maximum atomic E-state index is 13.1. The van der Waals surface area contributed by atoms with Gasteiger partial charge in [-0.05, 0) is 71.1 Å². The number of nitrogens with one attached hydrogen (secondary N) is 1. The molecule has 6 nitrogen and oxygen atoms in total. The third kappa shape index (κ3) is 3.49. The minimum Gasteiger partial charge on any atom is -0.462 e. The first-order chi connectivity index (χ1) is 13.7. The van der Waals surface area contributed by atoms with Crippen molar-refractivity contribution in [1.29, 1.82) is 0 Å². The van der Waals surface area contributed by atoms with Gasteiger partial charge in [-0.15, -0.1) is 11.6 Å². The summed E-state index contributed by atoms with van der Waals surface area (Å²) in [4.78, 5) is 40.9. The second-order valence-electron chi connectivity index (χ2n) is 9.24. The molecule has 0 aliphatic heterocycles. The zero-order chi connectivity index (χ0) is 21.0. The Morgan fingerprint density at radius 3 is 2.24 bits per heavy atom. The molecule has 4 aliphatic carbocycles. The van der Waals surface area contributed by atoms with Crippen LogP contribution in [0.2, 0.25) is 0 Å². The predicted octanol–water partition coefficient (Wildman–Crippen LogP) is 4.11. The van der Waals surface area contributed by atoms with E-state index in [1.165, 1.54) is 0 Å². The number of esters is 2. The van der Waals surface area contributed by atoms with Gasteiger partial charge in [0, 0.05) is 16.3 Å². The van der Waals surface area contributed by atoms with Crippen molar-refractivity contribution in [2.45, 2.75) is 64.2 Å². The summed E-state index contributed by atoms with van der Waals surface area (Å²) in [6, 6.07) is 0. The number of aryl methyl sites for hydroxylation is 2. The van der Waals surface area contributed by atoms with Crippen LogP contribution >= 0.6 is 11.6 Å². The number of aromatic amines is 1. The molecule has 2 unspecified atom stereocenters. The zero-order valence-corrected chi connectivity index (χ0v) is 18.0. The van der Waals surface area contributed by atoms with Crippen molar-refractivity contribution in [3.05, 3.63) is 22.5 Å². The molecular weight excluding hydrogens is 394 g/mol. The molecule has 0 amide bonds. The smallest absolute Gasteiger partial charge is 0.340 e. The Morgan fingerprint density at radius 1 is 1.03 bits per heavy atom. The van der Waals surface area contributed by atoms with Crippen LogP contribution in [0.25, 0.3) is 0 Å². The maximum Gasteiger partial charge on any atom is 0.340 e. The average Bonchev–Trinajstić information content (AvgIpc) is 2.91. The van der Waals surface area contributed by atoms with Gasteiger partial charge in [0.1, 0.15) is 0 Å². The van der Waals surface area contributed by atoms with Crippen molar-refractivity contribution < 1.29 is 23.9 Å². The summed E-state index contributed by atoms with van der Waals surface area (Å²) in [5, 5.41) is 0.